The van der Waals surface area contributed by atoms with E-state index in [9.17, 15) is 0 Å². The van der Waals surface area contributed by atoms with Crippen molar-refractivity contribution in [3.63, 3.8) is 0 Å². The van der Waals surface area contributed by atoms with E-state index in [1.54, 1.807) is 0 Å². The third kappa shape index (κ3) is 8.65. The van der Waals surface area contributed by atoms with Gasteiger partial charge in [-0.05, 0) is 51.4 Å². The van der Waals surface area contributed by atoms with E-state index in [0.29, 0.717) is 0 Å². The smallest absolute Gasteiger partial charge is 0.00156 e. The zero-order chi connectivity index (χ0) is 13.8. The van der Waals surface area contributed by atoms with Gasteiger partial charge in [0.1, 0.15) is 0 Å². The Labute approximate surface area is 121 Å². The first-order valence-electron chi connectivity index (χ1n) is 8.79. The van der Waals surface area contributed by atoms with Gasteiger partial charge in [-0.2, -0.15) is 0 Å². The second kappa shape index (κ2) is 11.7. The van der Waals surface area contributed by atoms with Crippen LogP contribution < -0.4 is 5.73 Å². The van der Waals surface area contributed by atoms with E-state index in [4.69, 9.17) is 5.73 Å². The monoisotopic (exact) mass is 268 g/mol. The van der Waals surface area contributed by atoms with Gasteiger partial charge in [0, 0.05) is 0 Å². The maximum Gasteiger partial charge on any atom is -0.00156 e. The lowest BCUT2D eigenvalue weighted by molar-refractivity contribution is 0.184. The highest BCUT2D eigenvalue weighted by atomic mass is 15.1. The van der Waals surface area contributed by atoms with E-state index < -0.39 is 0 Å². The standard InChI is InChI=1S/C17H36N2/c1-2-3-4-5-6-7-8-9-10-13-19-14-11-17(16-18)12-15-19/h17H,2-16,18H2,1H3. The predicted octanol–water partition coefficient (Wildman–Crippen LogP) is 4.19. The third-order valence-electron chi connectivity index (χ3n) is 4.62. The molecule has 1 rings (SSSR count). The van der Waals surface area contributed by atoms with Crippen molar-refractivity contribution in [2.45, 2.75) is 77.6 Å². The molecule has 1 fully saturated rings. The van der Waals surface area contributed by atoms with Crippen LogP contribution in [-0.4, -0.2) is 31.1 Å². The van der Waals surface area contributed by atoms with Crippen molar-refractivity contribution in [2.24, 2.45) is 11.7 Å². The summed E-state index contributed by atoms with van der Waals surface area (Å²) in [6, 6.07) is 0. The highest BCUT2D eigenvalue weighted by Gasteiger charge is 2.16. The lowest BCUT2D eigenvalue weighted by Gasteiger charge is -2.31. The number of nitrogens with zero attached hydrogens (tertiary/aromatic N) is 1. The summed E-state index contributed by atoms with van der Waals surface area (Å²) in [6.07, 6.45) is 15.6. The molecule has 2 heteroatoms. The second-order valence-corrected chi connectivity index (χ2v) is 6.35. The quantitative estimate of drug-likeness (QED) is 0.569. The van der Waals surface area contributed by atoms with Crippen LogP contribution in [0.4, 0.5) is 0 Å². The van der Waals surface area contributed by atoms with Gasteiger partial charge < -0.3 is 10.6 Å². The Balaban J connectivity index is 1.81. The van der Waals surface area contributed by atoms with Crippen LogP contribution in [0.2, 0.25) is 0 Å². The first-order valence-corrected chi connectivity index (χ1v) is 8.79. The summed E-state index contributed by atoms with van der Waals surface area (Å²) in [6.45, 7) is 7.09. The van der Waals surface area contributed by atoms with Gasteiger partial charge in [0.25, 0.3) is 0 Å². The van der Waals surface area contributed by atoms with Crippen molar-refractivity contribution in [1.82, 2.24) is 4.90 Å². The minimum absolute atomic E-state index is 0.805. The molecule has 0 spiro atoms. The van der Waals surface area contributed by atoms with Crippen molar-refractivity contribution in [1.29, 1.82) is 0 Å². The number of rotatable bonds is 11. The summed E-state index contributed by atoms with van der Waals surface area (Å²) in [5.74, 6) is 0.805. The molecule has 19 heavy (non-hydrogen) atoms. The summed E-state index contributed by atoms with van der Waals surface area (Å²) in [5, 5.41) is 0. The molecule has 2 nitrogen and oxygen atoms in total. The Hall–Kier alpha value is -0.0800. The van der Waals surface area contributed by atoms with Gasteiger partial charge in [0.05, 0.1) is 0 Å². The Morgan fingerprint density at radius 1 is 0.842 bits per heavy atom. The molecule has 0 aromatic rings. The van der Waals surface area contributed by atoms with E-state index >= 15 is 0 Å². The number of hydrogen-bond acceptors (Lipinski definition) is 2. The Bertz CT molecular complexity index is 186. The van der Waals surface area contributed by atoms with E-state index in [-0.39, 0.29) is 0 Å². The summed E-state index contributed by atoms with van der Waals surface area (Å²) in [7, 11) is 0. The highest BCUT2D eigenvalue weighted by Crippen LogP contribution is 2.16. The topological polar surface area (TPSA) is 29.3 Å². The SMILES string of the molecule is CCCCCCCCCCCN1CCC(CN)CC1. The maximum absolute atomic E-state index is 5.73. The van der Waals surface area contributed by atoms with Gasteiger partial charge in [-0.1, -0.05) is 58.3 Å². The van der Waals surface area contributed by atoms with Crippen molar-refractivity contribution in [3.8, 4) is 0 Å². The number of unbranched alkanes of at least 4 members (excludes halogenated alkanes) is 8. The summed E-state index contributed by atoms with van der Waals surface area (Å²) >= 11 is 0. The molecule has 0 saturated carbocycles. The number of hydrogen-bond donors (Lipinski definition) is 1. The van der Waals surface area contributed by atoms with Crippen LogP contribution in [0.5, 0.6) is 0 Å². The van der Waals surface area contributed by atoms with Gasteiger partial charge in [-0.15, -0.1) is 0 Å². The van der Waals surface area contributed by atoms with Crippen LogP contribution in [0.3, 0.4) is 0 Å². The normalized spacial score (nSPS) is 18.0. The summed E-state index contributed by atoms with van der Waals surface area (Å²) in [5.41, 5.74) is 5.73. The van der Waals surface area contributed by atoms with E-state index in [0.717, 1.165) is 12.5 Å². The fourth-order valence-electron chi connectivity index (χ4n) is 3.09. The number of likely N-dealkylation sites (tertiary alicyclic amines) is 1. The minimum Gasteiger partial charge on any atom is -0.330 e. The van der Waals surface area contributed by atoms with Gasteiger partial charge in [0.2, 0.25) is 0 Å². The number of nitrogens with two attached hydrogens (primary N) is 1. The zero-order valence-corrected chi connectivity index (χ0v) is 13.2. The number of piperidine rings is 1. The molecular formula is C17H36N2. The molecule has 1 heterocycles. The van der Waals surface area contributed by atoms with Crippen molar-refractivity contribution in [3.05, 3.63) is 0 Å². The van der Waals surface area contributed by atoms with Crippen LogP contribution in [0.1, 0.15) is 77.6 Å². The first kappa shape index (κ1) is 17.0. The average Bonchev–Trinajstić information content (AvgIpc) is 2.46. The molecule has 0 aromatic carbocycles. The average molecular weight is 268 g/mol. The van der Waals surface area contributed by atoms with Crippen LogP contribution in [0, 0.1) is 5.92 Å². The lowest BCUT2D eigenvalue weighted by Crippen LogP contribution is -2.36. The molecule has 2 N–H and O–H groups in total. The molecule has 0 aromatic heterocycles. The fourth-order valence-corrected chi connectivity index (χ4v) is 3.09. The van der Waals surface area contributed by atoms with Gasteiger partial charge in [-0.25, -0.2) is 0 Å². The van der Waals surface area contributed by atoms with Gasteiger partial charge in [0.15, 0.2) is 0 Å². The Morgan fingerprint density at radius 3 is 1.89 bits per heavy atom. The molecular weight excluding hydrogens is 232 g/mol. The molecule has 0 amide bonds. The largest absolute Gasteiger partial charge is 0.330 e. The molecule has 0 unspecified atom stereocenters. The van der Waals surface area contributed by atoms with E-state index in [1.807, 2.05) is 0 Å². The van der Waals surface area contributed by atoms with E-state index in [2.05, 4.69) is 11.8 Å². The third-order valence-corrected chi connectivity index (χ3v) is 4.62. The molecule has 114 valence electrons. The molecule has 1 aliphatic rings. The predicted molar refractivity (Wildman–Crippen MR) is 85.4 cm³/mol. The van der Waals surface area contributed by atoms with E-state index in [1.165, 1.54) is 90.3 Å². The molecule has 1 saturated heterocycles. The lowest BCUT2D eigenvalue weighted by atomic mass is 9.97. The maximum atomic E-state index is 5.73. The van der Waals surface area contributed by atoms with Gasteiger partial charge in [-0.3, -0.25) is 0 Å². The second-order valence-electron chi connectivity index (χ2n) is 6.35. The highest BCUT2D eigenvalue weighted by molar-refractivity contribution is 4.72. The van der Waals surface area contributed by atoms with Crippen molar-refractivity contribution >= 4 is 0 Å². The minimum atomic E-state index is 0.805. The molecule has 0 bridgehead atoms. The van der Waals surface area contributed by atoms with Crippen molar-refractivity contribution in [2.75, 3.05) is 26.2 Å². The van der Waals surface area contributed by atoms with Crippen LogP contribution in [0.15, 0.2) is 0 Å². The molecule has 1 aliphatic heterocycles. The fraction of sp³-hybridized carbons (Fsp3) is 1.00. The van der Waals surface area contributed by atoms with Gasteiger partial charge >= 0.3 is 0 Å². The Morgan fingerprint density at radius 2 is 1.37 bits per heavy atom. The zero-order valence-electron chi connectivity index (χ0n) is 13.2. The Kier molecular flexibility index (Phi) is 10.5. The van der Waals surface area contributed by atoms with Crippen LogP contribution in [0.25, 0.3) is 0 Å². The molecule has 0 radical (unpaired) electrons. The summed E-state index contributed by atoms with van der Waals surface area (Å²) < 4.78 is 0. The van der Waals surface area contributed by atoms with Crippen molar-refractivity contribution < 1.29 is 0 Å². The molecule has 0 atom stereocenters. The summed E-state index contributed by atoms with van der Waals surface area (Å²) in [4.78, 5) is 2.65. The first-order chi connectivity index (χ1) is 9.36. The van der Waals surface area contributed by atoms with Crippen LogP contribution in [-0.2, 0) is 0 Å². The van der Waals surface area contributed by atoms with Crippen LogP contribution >= 0.6 is 0 Å². The molecule has 0 aliphatic carbocycles.